The van der Waals surface area contributed by atoms with E-state index in [4.69, 9.17) is 5.11 Å². The Morgan fingerprint density at radius 2 is 1.96 bits per heavy atom. The van der Waals surface area contributed by atoms with Crippen LogP contribution < -0.4 is 4.72 Å². The van der Waals surface area contributed by atoms with Gasteiger partial charge < -0.3 is 5.11 Å². The zero-order valence-corrected chi connectivity index (χ0v) is 14.3. The molecule has 0 bridgehead atoms. The lowest BCUT2D eigenvalue weighted by Crippen LogP contribution is -2.30. The molecule has 2 N–H and O–H groups in total. The van der Waals surface area contributed by atoms with Crippen LogP contribution in [0.2, 0.25) is 0 Å². The highest BCUT2D eigenvalue weighted by Crippen LogP contribution is 2.26. The highest BCUT2D eigenvalue weighted by molar-refractivity contribution is 7.89. The number of nitrogens with zero attached hydrogens (tertiary/aromatic N) is 1. The summed E-state index contributed by atoms with van der Waals surface area (Å²) in [7, 11) is -6.23. The Morgan fingerprint density at radius 1 is 1.30 bits per heavy atom. The first-order valence-electron chi connectivity index (χ1n) is 6.87. The Morgan fingerprint density at radius 3 is 2.43 bits per heavy atom. The van der Waals surface area contributed by atoms with Crippen molar-refractivity contribution in [2.24, 2.45) is 5.92 Å². The Hall–Kier alpha value is -1.49. The van der Waals surface area contributed by atoms with E-state index in [-0.39, 0.29) is 29.3 Å². The van der Waals surface area contributed by atoms with Crippen LogP contribution in [0.15, 0.2) is 28.0 Å². The van der Waals surface area contributed by atoms with Crippen LogP contribution in [0.4, 0.5) is 0 Å². The van der Waals surface area contributed by atoms with E-state index in [1.54, 1.807) is 0 Å². The van der Waals surface area contributed by atoms with Crippen LogP contribution in [-0.4, -0.2) is 52.4 Å². The molecule has 1 unspecified atom stereocenters. The lowest BCUT2D eigenvalue weighted by molar-refractivity contribution is -0.141. The van der Waals surface area contributed by atoms with Crippen molar-refractivity contribution in [3.8, 4) is 0 Å². The lowest BCUT2D eigenvalue weighted by atomic mass is 10.1. The van der Waals surface area contributed by atoms with Crippen molar-refractivity contribution in [3.05, 3.63) is 23.8 Å². The van der Waals surface area contributed by atoms with E-state index in [0.29, 0.717) is 5.56 Å². The fourth-order valence-corrected chi connectivity index (χ4v) is 5.03. The largest absolute Gasteiger partial charge is 0.481 e. The summed E-state index contributed by atoms with van der Waals surface area (Å²) in [6.07, 6.45) is 0.264. The van der Waals surface area contributed by atoms with E-state index < -0.39 is 31.9 Å². The molecule has 128 valence electrons. The number of benzene rings is 1. The molecule has 1 aliphatic heterocycles. The van der Waals surface area contributed by atoms with E-state index in [1.165, 1.54) is 32.2 Å². The van der Waals surface area contributed by atoms with Crippen molar-refractivity contribution >= 4 is 26.0 Å². The SMILES string of the molecule is CNS(=O)(=O)c1ccc(S(=O)(=O)N2CCC(C(=O)O)C2)cc1C. The molecule has 1 fully saturated rings. The quantitative estimate of drug-likeness (QED) is 0.760. The number of rotatable bonds is 5. The first-order chi connectivity index (χ1) is 10.6. The van der Waals surface area contributed by atoms with Gasteiger partial charge in [0.2, 0.25) is 20.0 Å². The standard InChI is InChI=1S/C13H18N2O6S2/c1-9-7-11(3-4-12(9)22(18,19)14-2)23(20,21)15-6-5-10(8-15)13(16)17/h3-4,7,10,14H,5-6,8H2,1-2H3,(H,16,17). The maximum atomic E-state index is 12.6. The van der Waals surface area contributed by atoms with Crippen LogP contribution in [0.1, 0.15) is 12.0 Å². The molecule has 8 nitrogen and oxygen atoms in total. The minimum absolute atomic E-state index is 0.00350. The molecule has 0 amide bonds. The molecular weight excluding hydrogens is 344 g/mol. The van der Waals surface area contributed by atoms with Gasteiger partial charge in [0.15, 0.2) is 0 Å². The number of carboxylic acid groups (broad SMARTS) is 1. The molecule has 10 heteroatoms. The van der Waals surface area contributed by atoms with Gasteiger partial charge in [0, 0.05) is 13.1 Å². The highest BCUT2D eigenvalue weighted by atomic mass is 32.2. The van der Waals surface area contributed by atoms with Crippen molar-refractivity contribution in [1.29, 1.82) is 0 Å². The second kappa shape index (κ2) is 6.19. The smallest absolute Gasteiger partial charge is 0.307 e. The zero-order chi connectivity index (χ0) is 17.4. The molecule has 23 heavy (non-hydrogen) atoms. The summed E-state index contributed by atoms with van der Waals surface area (Å²) in [6.45, 7) is 1.56. The van der Waals surface area contributed by atoms with Crippen LogP contribution in [0.25, 0.3) is 0 Å². The minimum atomic E-state index is -3.84. The first kappa shape index (κ1) is 17.9. The number of sulfonamides is 2. The maximum Gasteiger partial charge on any atom is 0.307 e. The van der Waals surface area contributed by atoms with Gasteiger partial charge in [0.05, 0.1) is 15.7 Å². The third-order valence-electron chi connectivity index (χ3n) is 3.84. The number of hydrogen-bond acceptors (Lipinski definition) is 5. The van der Waals surface area contributed by atoms with Gasteiger partial charge in [-0.05, 0) is 44.2 Å². The predicted octanol–water partition coefficient (Wildman–Crippen LogP) is -0.00168. The first-order valence-corrected chi connectivity index (χ1v) is 9.79. The van der Waals surface area contributed by atoms with E-state index >= 15 is 0 Å². The predicted molar refractivity (Wildman–Crippen MR) is 81.9 cm³/mol. The lowest BCUT2D eigenvalue weighted by Gasteiger charge is -2.17. The minimum Gasteiger partial charge on any atom is -0.481 e. The van der Waals surface area contributed by atoms with Crippen molar-refractivity contribution in [1.82, 2.24) is 9.03 Å². The van der Waals surface area contributed by atoms with Crippen molar-refractivity contribution in [2.45, 2.75) is 23.1 Å². The van der Waals surface area contributed by atoms with Gasteiger partial charge in [-0.2, -0.15) is 4.31 Å². The molecule has 1 aromatic carbocycles. The van der Waals surface area contributed by atoms with Crippen LogP contribution in [-0.2, 0) is 24.8 Å². The fourth-order valence-electron chi connectivity index (χ4n) is 2.49. The topological polar surface area (TPSA) is 121 Å². The summed E-state index contributed by atoms with van der Waals surface area (Å²) in [6, 6.07) is 3.74. The highest BCUT2D eigenvalue weighted by Gasteiger charge is 2.36. The van der Waals surface area contributed by atoms with Crippen molar-refractivity contribution in [2.75, 3.05) is 20.1 Å². The number of aliphatic carboxylic acids is 1. The number of aryl methyl sites for hydroxylation is 1. The molecule has 0 spiro atoms. The number of hydrogen-bond donors (Lipinski definition) is 2. The average molecular weight is 362 g/mol. The molecule has 0 radical (unpaired) electrons. The van der Waals surface area contributed by atoms with E-state index in [0.717, 1.165) is 4.31 Å². The van der Waals surface area contributed by atoms with Gasteiger partial charge in [0.25, 0.3) is 0 Å². The molecule has 1 heterocycles. The summed E-state index contributed by atoms with van der Waals surface area (Å²) >= 11 is 0. The molecule has 1 aromatic rings. The second-order valence-corrected chi connectivity index (χ2v) is 9.11. The van der Waals surface area contributed by atoms with Crippen molar-refractivity contribution < 1.29 is 26.7 Å². The van der Waals surface area contributed by atoms with Gasteiger partial charge in [-0.1, -0.05) is 0 Å². The van der Waals surface area contributed by atoms with Crippen LogP contribution in [0.5, 0.6) is 0 Å². The Balaban J connectivity index is 2.35. The molecule has 1 atom stereocenters. The van der Waals surface area contributed by atoms with Crippen LogP contribution >= 0.6 is 0 Å². The average Bonchev–Trinajstić information content (AvgIpc) is 2.97. The number of carbonyl (C=O) groups is 1. The van der Waals surface area contributed by atoms with Gasteiger partial charge >= 0.3 is 5.97 Å². The molecule has 1 saturated heterocycles. The second-order valence-electron chi connectivity index (χ2n) is 5.32. The molecule has 1 aliphatic rings. The van der Waals surface area contributed by atoms with E-state index in [1.807, 2.05) is 0 Å². The summed E-state index contributed by atoms with van der Waals surface area (Å²) in [5.74, 6) is -1.73. The van der Waals surface area contributed by atoms with Gasteiger partial charge in [0.1, 0.15) is 0 Å². The Kier molecular flexibility index (Phi) is 4.81. The van der Waals surface area contributed by atoms with E-state index in [2.05, 4.69) is 4.72 Å². The summed E-state index contributed by atoms with van der Waals surface area (Å²) in [5.41, 5.74) is 0.300. The Bertz CT molecular complexity index is 832. The molecule has 2 rings (SSSR count). The van der Waals surface area contributed by atoms with Crippen molar-refractivity contribution in [3.63, 3.8) is 0 Å². The molecule has 0 saturated carbocycles. The van der Waals surface area contributed by atoms with Gasteiger partial charge in [-0.25, -0.2) is 21.6 Å². The monoisotopic (exact) mass is 362 g/mol. The van der Waals surface area contributed by atoms with Crippen LogP contribution in [0.3, 0.4) is 0 Å². The number of carboxylic acids is 1. The fraction of sp³-hybridized carbons (Fsp3) is 0.462. The van der Waals surface area contributed by atoms with Gasteiger partial charge in [-0.3, -0.25) is 4.79 Å². The normalized spacial score (nSPS) is 19.8. The van der Waals surface area contributed by atoms with E-state index in [9.17, 15) is 21.6 Å². The third kappa shape index (κ3) is 3.39. The summed E-state index contributed by atoms with van der Waals surface area (Å²) < 4.78 is 52.0. The molecule has 0 aliphatic carbocycles. The van der Waals surface area contributed by atoms with Crippen LogP contribution in [0, 0.1) is 12.8 Å². The molecular formula is C13H18N2O6S2. The summed E-state index contributed by atoms with van der Waals surface area (Å²) in [4.78, 5) is 10.9. The Labute approximate surface area is 135 Å². The molecule has 0 aromatic heterocycles. The van der Waals surface area contributed by atoms with Gasteiger partial charge in [-0.15, -0.1) is 0 Å². The maximum absolute atomic E-state index is 12.6. The third-order valence-corrected chi connectivity index (χ3v) is 7.28. The zero-order valence-electron chi connectivity index (χ0n) is 12.7. The number of nitrogens with one attached hydrogen (secondary N) is 1. The summed E-state index contributed by atoms with van der Waals surface area (Å²) in [5, 5.41) is 8.97.